The molecule has 0 aliphatic carbocycles. The van der Waals surface area contributed by atoms with Crippen molar-refractivity contribution in [2.45, 2.75) is 39.2 Å². The van der Waals surface area contributed by atoms with Crippen LogP contribution in [-0.4, -0.2) is 28.7 Å². The van der Waals surface area contributed by atoms with Gasteiger partial charge in [-0.15, -0.1) is 5.10 Å². The topological polar surface area (TPSA) is 66.0 Å². The van der Waals surface area contributed by atoms with Crippen LogP contribution in [-0.2, 0) is 10.2 Å². The first kappa shape index (κ1) is 12.0. The number of methoxy groups -OCH3 is 1. The number of nitrogens with two attached hydrogens (primary N) is 1. The van der Waals surface area contributed by atoms with Crippen molar-refractivity contribution >= 4 is 5.82 Å². The van der Waals surface area contributed by atoms with Crippen LogP contribution in [0.4, 0.5) is 5.82 Å². The van der Waals surface area contributed by atoms with Gasteiger partial charge in [0.15, 0.2) is 5.82 Å². The first-order valence-corrected chi connectivity index (χ1v) is 5.08. The van der Waals surface area contributed by atoms with Crippen molar-refractivity contribution in [3.63, 3.8) is 0 Å². The minimum atomic E-state index is -0.0599. The van der Waals surface area contributed by atoms with Gasteiger partial charge in [-0.2, -0.15) is 0 Å². The molecular weight excluding hydrogens is 192 g/mol. The van der Waals surface area contributed by atoms with Crippen LogP contribution >= 0.6 is 0 Å². The first-order valence-electron chi connectivity index (χ1n) is 5.08. The molecule has 0 spiro atoms. The highest BCUT2D eigenvalue weighted by atomic mass is 16.5. The predicted molar refractivity (Wildman–Crippen MR) is 59.7 cm³/mol. The Morgan fingerprint density at radius 1 is 1.47 bits per heavy atom. The molecule has 0 radical (unpaired) electrons. The van der Waals surface area contributed by atoms with Gasteiger partial charge in [-0.3, -0.25) is 0 Å². The fourth-order valence-electron chi connectivity index (χ4n) is 1.65. The lowest BCUT2D eigenvalue weighted by Gasteiger charge is -2.23. The monoisotopic (exact) mass is 212 g/mol. The highest BCUT2D eigenvalue weighted by Crippen LogP contribution is 2.28. The van der Waals surface area contributed by atoms with Gasteiger partial charge in [-0.1, -0.05) is 26.0 Å². The van der Waals surface area contributed by atoms with E-state index in [1.54, 1.807) is 7.11 Å². The molecule has 5 heteroatoms. The number of aromatic nitrogens is 3. The van der Waals surface area contributed by atoms with Crippen LogP contribution in [0.15, 0.2) is 0 Å². The van der Waals surface area contributed by atoms with Crippen molar-refractivity contribution in [1.82, 2.24) is 15.0 Å². The standard InChI is InChI=1S/C10H20N4O/c1-7(6-15-5)14-8(10(2,3)4)9(11)12-13-14/h7H,6,11H2,1-5H3. The van der Waals surface area contributed by atoms with Crippen LogP contribution in [0.3, 0.4) is 0 Å². The van der Waals surface area contributed by atoms with Gasteiger partial charge < -0.3 is 10.5 Å². The number of anilines is 1. The van der Waals surface area contributed by atoms with Crippen molar-refractivity contribution in [1.29, 1.82) is 0 Å². The Hall–Kier alpha value is -1.10. The number of nitrogen functional groups attached to an aromatic ring is 1. The molecule has 0 aromatic carbocycles. The molecule has 15 heavy (non-hydrogen) atoms. The van der Waals surface area contributed by atoms with E-state index in [2.05, 4.69) is 31.1 Å². The Kier molecular flexibility index (Phi) is 3.34. The average molecular weight is 212 g/mol. The van der Waals surface area contributed by atoms with Gasteiger partial charge >= 0.3 is 0 Å². The highest BCUT2D eigenvalue weighted by Gasteiger charge is 2.26. The SMILES string of the molecule is COCC(C)n1nnc(N)c1C(C)(C)C. The lowest BCUT2D eigenvalue weighted by Crippen LogP contribution is -2.24. The van der Waals surface area contributed by atoms with E-state index in [9.17, 15) is 0 Å². The molecule has 0 saturated carbocycles. The normalized spacial score (nSPS) is 14.2. The van der Waals surface area contributed by atoms with Gasteiger partial charge in [0.25, 0.3) is 0 Å². The van der Waals surface area contributed by atoms with Crippen molar-refractivity contribution in [3.05, 3.63) is 5.69 Å². The first-order chi connectivity index (χ1) is 6.88. The molecular formula is C10H20N4O. The van der Waals surface area contributed by atoms with Crippen LogP contribution in [0, 0.1) is 0 Å². The van der Waals surface area contributed by atoms with E-state index in [0.29, 0.717) is 12.4 Å². The Bertz CT molecular complexity index is 327. The lowest BCUT2D eigenvalue weighted by molar-refractivity contribution is 0.153. The summed E-state index contributed by atoms with van der Waals surface area (Å²) in [5.74, 6) is 0.505. The van der Waals surface area contributed by atoms with Gasteiger partial charge in [0, 0.05) is 12.5 Å². The molecule has 0 bridgehead atoms. The van der Waals surface area contributed by atoms with E-state index in [1.165, 1.54) is 0 Å². The van der Waals surface area contributed by atoms with Crippen LogP contribution in [0.5, 0.6) is 0 Å². The summed E-state index contributed by atoms with van der Waals surface area (Å²) in [6.45, 7) is 8.92. The summed E-state index contributed by atoms with van der Waals surface area (Å²) >= 11 is 0. The molecule has 1 aromatic heterocycles. The van der Waals surface area contributed by atoms with E-state index in [0.717, 1.165) is 5.69 Å². The molecule has 2 N–H and O–H groups in total. The number of ether oxygens (including phenoxy) is 1. The second-order valence-electron chi connectivity index (χ2n) is 4.82. The molecule has 0 aliphatic heterocycles. The summed E-state index contributed by atoms with van der Waals surface area (Å²) in [6, 6.07) is 0.147. The fourth-order valence-corrected chi connectivity index (χ4v) is 1.65. The summed E-state index contributed by atoms with van der Waals surface area (Å²) in [6.07, 6.45) is 0. The zero-order chi connectivity index (χ0) is 11.6. The molecule has 1 rings (SSSR count). The van der Waals surface area contributed by atoms with E-state index < -0.39 is 0 Å². The third-order valence-electron chi connectivity index (χ3n) is 2.26. The minimum Gasteiger partial charge on any atom is -0.382 e. The quantitative estimate of drug-likeness (QED) is 0.821. The van der Waals surface area contributed by atoms with Crippen LogP contribution in [0.1, 0.15) is 39.4 Å². The van der Waals surface area contributed by atoms with E-state index in [4.69, 9.17) is 10.5 Å². The Morgan fingerprint density at radius 2 is 2.07 bits per heavy atom. The maximum atomic E-state index is 5.83. The molecule has 0 fully saturated rings. The third-order valence-corrected chi connectivity index (χ3v) is 2.26. The summed E-state index contributed by atoms with van der Waals surface area (Å²) < 4.78 is 6.95. The molecule has 0 amide bonds. The fraction of sp³-hybridized carbons (Fsp3) is 0.800. The molecule has 1 heterocycles. The highest BCUT2D eigenvalue weighted by molar-refractivity contribution is 5.38. The number of hydrogen-bond donors (Lipinski definition) is 1. The Morgan fingerprint density at radius 3 is 2.53 bits per heavy atom. The smallest absolute Gasteiger partial charge is 0.169 e. The van der Waals surface area contributed by atoms with Crippen LogP contribution < -0.4 is 5.73 Å². The van der Waals surface area contributed by atoms with Crippen LogP contribution in [0.25, 0.3) is 0 Å². The van der Waals surface area contributed by atoms with Crippen molar-refractivity contribution in [2.24, 2.45) is 0 Å². The zero-order valence-electron chi connectivity index (χ0n) is 10.1. The van der Waals surface area contributed by atoms with Gasteiger partial charge in [0.05, 0.1) is 18.3 Å². The molecule has 1 unspecified atom stereocenters. The van der Waals surface area contributed by atoms with Gasteiger partial charge in [-0.05, 0) is 6.92 Å². The minimum absolute atomic E-state index is 0.0599. The summed E-state index contributed by atoms with van der Waals surface area (Å²) in [7, 11) is 1.67. The Labute approximate surface area is 90.6 Å². The number of hydrogen-bond acceptors (Lipinski definition) is 4. The zero-order valence-corrected chi connectivity index (χ0v) is 10.1. The van der Waals surface area contributed by atoms with Gasteiger partial charge in [-0.25, -0.2) is 4.68 Å². The maximum Gasteiger partial charge on any atom is 0.169 e. The number of rotatable bonds is 3. The van der Waals surface area contributed by atoms with E-state index in [-0.39, 0.29) is 11.5 Å². The summed E-state index contributed by atoms with van der Waals surface area (Å²) in [5, 5.41) is 7.98. The predicted octanol–water partition coefficient (Wildman–Crippen LogP) is 1.37. The second kappa shape index (κ2) is 4.18. The molecule has 86 valence electrons. The lowest BCUT2D eigenvalue weighted by atomic mass is 9.91. The van der Waals surface area contributed by atoms with Crippen molar-refractivity contribution < 1.29 is 4.74 Å². The molecule has 5 nitrogen and oxygen atoms in total. The van der Waals surface area contributed by atoms with Gasteiger partial charge in [0.1, 0.15) is 0 Å². The third kappa shape index (κ3) is 2.47. The molecule has 1 atom stereocenters. The molecule has 0 saturated heterocycles. The largest absolute Gasteiger partial charge is 0.382 e. The molecule has 1 aromatic rings. The van der Waals surface area contributed by atoms with E-state index in [1.807, 2.05) is 11.6 Å². The van der Waals surface area contributed by atoms with E-state index >= 15 is 0 Å². The summed E-state index contributed by atoms with van der Waals surface area (Å²) in [5.41, 5.74) is 6.73. The average Bonchev–Trinajstić information content (AvgIpc) is 2.46. The molecule has 0 aliphatic rings. The van der Waals surface area contributed by atoms with Crippen LogP contribution in [0.2, 0.25) is 0 Å². The van der Waals surface area contributed by atoms with Crippen molar-refractivity contribution in [3.8, 4) is 0 Å². The second-order valence-corrected chi connectivity index (χ2v) is 4.82. The maximum absolute atomic E-state index is 5.83. The van der Waals surface area contributed by atoms with Gasteiger partial charge in [0.2, 0.25) is 0 Å². The number of nitrogens with zero attached hydrogens (tertiary/aromatic N) is 3. The Balaban J connectivity index is 3.09. The van der Waals surface area contributed by atoms with Crippen molar-refractivity contribution in [2.75, 3.05) is 19.5 Å². The summed E-state index contributed by atoms with van der Waals surface area (Å²) in [4.78, 5) is 0.